The van der Waals surface area contributed by atoms with Gasteiger partial charge in [-0.15, -0.1) is 0 Å². The molecule has 0 aliphatic carbocycles. The molecule has 6 nitrogen and oxygen atoms in total. The Labute approximate surface area is 257 Å². The summed E-state index contributed by atoms with van der Waals surface area (Å²) in [6.45, 7) is 21.9. The third kappa shape index (κ3) is 16.3. The zero-order valence-corrected chi connectivity index (χ0v) is 28.8. The van der Waals surface area contributed by atoms with Crippen LogP contribution in [0.15, 0.2) is 54.6 Å². The minimum Gasteiger partial charge on any atom is -0.496 e. The lowest BCUT2D eigenvalue weighted by molar-refractivity contribution is 0.216. The first-order valence-electron chi connectivity index (χ1n) is 15.3. The lowest BCUT2D eigenvalue weighted by Crippen LogP contribution is -2.48. The Morgan fingerprint density at radius 1 is 1.05 bits per heavy atom. The van der Waals surface area contributed by atoms with Crippen LogP contribution in [-0.2, 0) is 12.8 Å². The molecule has 0 bridgehead atoms. The van der Waals surface area contributed by atoms with Crippen molar-refractivity contribution in [1.82, 2.24) is 5.01 Å². The Kier molecular flexibility index (Phi) is 27.5. The van der Waals surface area contributed by atoms with Crippen molar-refractivity contribution in [3.05, 3.63) is 76.9 Å². The van der Waals surface area contributed by atoms with Crippen LogP contribution < -0.4 is 21.4 Å². The number of aryl methyl sites for hydroxylation is 2. The van der Waals surface area contributed by atoms with Gasteiger partial charge in [-0.25, -0.2) is 25.9 Å². The third-order valence-electron chi connectivity index (χ3n) is 5.86. The first kappa shape index (κ1) is 43.3. The number of carbonyl (C=O) groups is 1. The number of hydrogen-bond donors (Lipinski definition) is 2. The zero-order chi connectivity index (χ0) is 33.3. The van der Waals surface area contributed by atoms with E-state index < -0.39 is 12.2 Å². The summed E-state index contributed by atoms with van der Waals surface area (Å²) < 4.78 is 16.7. The predicted octanol–water partition coefficient (Wildman–Crippen LogP) is 9.60. The molecule has 0 spiro atoms. The van der Waals surface area contributed by atoms with E-state index >= 15 is 0 Å². The second kappa shape index (κ2) is 26.7. The van der Waals surface area contributed by atoms with Gasteiger partial charge in [0.1, 0.15) is 5.75 Å². The molecule has 42 heavy (non-hydrogen) atoms. The molecule has 0 aliphatic heterocycles. The molecule has 0 heterocycles. The van der Waals surface area contributed by atoms with Gasteiger partial charge in [-0.3, -0.25) is 5.01 Å². The second-order valence-corrected chi connectivity index (χ2v) is 8.90. The van der Waals surface area contributed by atoms with Gasteiger partial charge in [-0.05, 0) is 81.4 Å². The first-order chi connectivity index (χ1) is 20.0. The molecule has 2 aromatic carbocycles. The van der Waals surface area contributed by atoms with Crippen LogP contribution in [0.2, 0.25) is 0 Å². The number of allylic oxidation sites excluding steroid dienone is 4. The molecule has 1 atom stereocenters. The van der Waals surface area contributed by atoms with Crippen molar-refractivity contribution in [2.24, 2.45) is 11.7 Å². The second-order valence-electron chi connectivity index (χ2n) is 8.90. The molecular formula is C35H61FN4O2. The SMILES string of the molecule is C/C=C\C(=C\C)c1ccc(CCC)c(C)c1.CC.CC.CCC(C)F.CCc1c(OC)cccc1N(N)C(=O)N(C)N. The summed E-state index contributed by atoms with van der Waals surface area (Å²) >= 11 is 0. The van der Waals surface area contributed by atoms with Crippen molar-refractivity contribution in [1.29, 1.82) is 0 Å². The maximum absolute atomic E-state index is 11.7. The molecule has 0 aliphatic rings. The van der Waals surface area contributed by atoms with E-state index in [1.54, 1.807) is 26.2 Å². The molecule has 4 N–H and O–H groups in total. The van der Waals surface area contributed by atoms with E-state index in [0.29, 0.717) is 24.3 Å². The van der Waals surface area contributed by atoms with Crippen molar-refractivity contribution in [2.45, 2.75) is 108 Å². The van der Waals surface area contributed by atoms with E-state index in [-0.39, 0.29) is 0 Å². The van der Waals surface area contributed by atoms with Crippen LogP contribution in [0.25, 0.3) is 5.57 Å². The first-order valence-corrected chi connectivity index (χ1v) is 15.3. The highest BCUT2D eigenvalue weighted by Crippen LogP contribution is 2.28. The smallest absolute Gasteiger partial charge is 0.352 e. The number of amides is 2. The normalized spacial score (nSPS) is 10.8. The van der Waals surface area contributed by atoms with Gasteiger partial charge >= 0.3 is 6.03 Å². The highest BCUT2D eigenvalue weighted by Gasteiger charge is 2.18. The Morgan fingerprint density at radius 2 is 1.62 bits per heavy atom. The number of rotatable bonds is 8. The van der Waals surface area contributed by atoms with E-state index in [2.05, 4.69) is 64.1 Å². The molecule has 0 saturated heterocycles. The molecular weight excluding hydrogens is 527 g/mol. The number of anilines is 1. The standard InChI is InChI=1S/C16H22.C11H18N4O2.C4H9F.2C2H6/c1-5-8-14(7-3)16-11-10-15(9-6-2)13(4)12-16;1-4-8-9(6-5-7-10(8)17-3)15(13)11(16)14(2)12;1-3-4(2)5;2*1-2/h5,7-8,10-12H,6,9H2,1-4H3;5-7H,4,12-13H2,1-3H3;4H,3H2,1-2H3;2*1-2H3/b8-5-,14-7-;;;;. The number of urea groups is 1. The molecule has 0 aromatic heterocycles. The third-order valence-corrected chi connectivity index (χ3v) is 5.86. The van der Waals surface area contributed by atoms with E-state index in [1.807, 2.05) is 47.6 Å². The average Bonchev–Trinajstić information content (AvgIpc) is 3.02. The van der Waals surface area contributed by atoms with Crippen LogP contribution in [0.5, 0.6) is 5.75 Å². The van der Waals surface area contributed by atoms with Gasteiger partial charge in [0.05, 0.1) is 19.0 Å². The fourth-order valence-corrected chi connectivity index (χ4v) is 3.56. The molecule has 1 unspecified atom stereocenters. The number of hydrogen-bond acceptors (Lipinski definition) is 4. The summed E-state index contributed by atoms with van der Waals surface area (Å²) in [6, 6.07) is 11.6. The van der Waals surface area contributed by atoms with E-state index in [9.17, 15) is 9.18 Å². The summed E-state index contributed by atoms with van der Waals surface area (Å²) in [5, 5.41) is 1.94. The molecule has 2 aromatic rings. The minimum atomic E-state index is -0.616. The lowest BCUT2D eigenvalue weighted by Gasteiger charge is -2.23. The quantitative estimate of drug-likeness (QED) is 0.139. The van der Waals surface area contributed by atoms with Gasteiger partial charge in [0, 0.05) is 12.6 Å². The van der Waals surface area contributed by atoms with Gasteiger partial charge in [0.15, 0.2) is 0 Å². The summed E-state index contributed by atoms with van der Waals surface area (Å²) in [5.74, 6) is 11.8. The van der Waals surface area contributed by atoms with Crippen molar-refractivity contribution in [2.75, 3.05) is 19.2 Å². The number of ether oxygens (including phenoxy) is 1. The minimum absolute atomic E-state index is 0.493. The number of carbonyl (C=O) groups excluding carboxylic acids is 1. The molecule has 7 heteroatoms. The number of methoxy groups -OCH3 is 1. The van der Waals surface area contributed by atoms with Crippen LogP contribution >= 0.6 is 0 Å². The van der Waals surface area contributed by atoms with Gasteiger partial charge < -0.3 is 4.74 Å². The number of nitrogens with two attached hydrogens (primary N) is 2. The molecule has 0 saturated carbocycles. The zero-order valence-electron chi connectivity index (χ0n) is 28.8. The molecule has 240 valence electrons. The van der Waals surface area contributed by atoms with Crippen molar-refractivity contribution in [3.8, 4) is 5.75 Å². The van der Waals surface area contributed by atoms with Gasteiger partial charge in [-0.2, -0.15) is 0 Å². The van der Waals surface area contributed by atoms with Gasteiger partial charge in [0.25, 0.3) is 0 Å². The predicted molar refractivity (Wildman–Crippen MR) is 184 cm³/mol. The molecule has 0 radical (unpaired) electrons. The van der Waals surface area contributed by atoms with Crippen LogP contribution in [0.4, 0.5) is 14.9 Å². The molecule has 0 fully saturated rings. The largest absolute Gasteiger partial charge is 0.496 e. The highest BCUT2D eigenvalue weighted by atomic mass is 19.1. The van der Waals surface area contributed by atoms with Crippen molar-refractivity contribution >= 4 is 17.3 Å². The van der Waals surface area contributed by atoms with E-state index in [4.69, 9.17) is 16.4 Å². The van der Waals surface area contributed by atoms with E-state index in [1.165, 1.54) is 42.2 Å². The fourth-order valence-electron chi connectivity index (χ4n) is 3.56. The molecule has 2 amide bonds. The van der Waals surface area contributed by atoms with Crippen LogP contribution in [-0.4, -0.2) is 31.4 Å². The van der Waals surface area contributed by atoms with Crippen molar-refractivity contribution < 1.29 is 13.9 Å². The lowest BCUT2D eigenvalue weighted by atomic mass is 9.97. The molecule has 2 rings (SSSR count). The van der Waals surface area contributed by atoms with E-state index in [0.717, 1.165) is 15.6 Å². The fraction of sp³-hybridized carbons (Fsp3) is 0.514. The number of halogens is 1. The summed E-state index contributed by atoms with van der Waals surface area (Å²) in [6.07, 6.45) is 9.53. The number of nitrogens with zero attached hydrogens (tertiary/aromatic N) is 2. The van der Waals surface area contributed by atoms with Crippen LogP contribution in [0.3, 0.4) is 0 Å². The highest BCUT2D eigenvalue weighted by molar-refractivity contribution is 5.91. The summed E-state index contributed by atoms with van der Waals surface area (Å²) in [5.41, 5.74) is 6.96. The maximum atomic E-state index is 11.7. The topological polar surface area (TPSA) is 84.8 Å². The number of alkyl halides is 1. The maximum Gasteiger partial charge on any atom is 0.352 e. The average molecular weight is 589 g/mol. The number of benzene rings is 2. The Bertz CT molecular complexity index is 1030. The van der Waals surface area contributed by atoms with Crippen LogP contribution in [0.1, 0.15) is 104 Å². The number of hydrazine groups is 2. The Balaban J connectivity index is -0.000000567. The summed E-state index contributed by atoms with van der Waals surface area (Å²) in [4.78, 5) is 11.7. The van der Waals surface area contributed by atoms with Gasteiger partial charge in [-0.1, -0.05) is 97.4 Å². The van der Waals surface area contributed by atoms with Gasteiger partial charge in [0.2, 0.25) is 0 Å². The van der Waals surface area contributed by atoms with Crippen LogP contribution in [0, 0.1) is 6.92 Å². The Hall–Kier alpha value is -3.16. The Morgan fingerprint density at radius 3 is 2.00 bits per heavy atom. The monoisotopic (exact) mass is 588 g/mol. The summed E-state index contributed by atoms with van der Waals surface area (Å²) in [7, 11) is 3.02. The van der Waals surface area contributed by atoms with Crippen molar-refractivity contribution in [3.63, 3.8) is 0 Å².